The average Bonchev–Trinajstić information content (AvgIpc) is 3.05. The minimum absolute atomic E-state index is 0.0489. The van der Waals surface area contributed by atoms with Gasteiger partial charge < -0.3 is 10.1 Å². The highest BCUT2D eigenvalue weighted by atomic mass is 32.1. The monoisotopic (exact) mass is 317 g/mol. The number of ether oxygens (including phenoxy) is 1. The van der Waals surface area contributed by atoms with E-state index in [1.165, 1.54) is 11.3 Å². The molecule has 0 unspecified atom stereocenters. The van der Waals surface area contributed by atoms with Crippen LogP contribution in [0.25, 0.3) is 0 Å². The van der Waals surface area contributed by atoms with Crippen LogP contribution in [0, 0.1) is 5.92 Å². The Bertz CT molecular complexity index is 608. The van der Waals surface area contributed by atoms with Crippen LogP contribution in [-0.2, 0) is 16.1 Å². The summed E-state index contributed by atoms with van der Waals surface area (Å²) in [6, 6.07) is 12.3. The first kappa shape index (κ1) is 16.2. The van der Waals surface area contributed by atoms with E-state index in [0.717, 1.165) is 5.56 Å². The Kier molecular flexibility index (Phi) is 5.72. The van der Waals surface area contributed by atoms with Gasteiger partial charge in [0.2, 0.25) is 0 Å². The number of rotatable bonds is 6. The van der Waals surface area contributed by atoms with Crippen LogP contribution in [0.4, 0.5) is 0 Å². The van der Waals surface area contributed by atoms with Crippen molar-refractivity contribution in [2.75, 3.05) is 0 Å². The highest BCUT2D eigenvalue weighted by Crippen LogP contribution is 2.12. The molecule has 0 spiro atoms. The molecule has 5 heteroatoms. The van der Waals surface area contributed by atoms with Gasteiger partial charge >= 0.3 is 5.97 Å². The van der Waals surface area contributed by atoms with E-state index in [0.29, 0.717) is 4.88 Å². The minimum Gasteiger partial charge on any atom is -0.459 e. The number of nitrogens with one attached hydrogen (secondary N) is 1. The van der Waals surface area contributed by atoms with Gasteiger partial charge in [0.15, 0.2) is 0 Å². The standard InChI is InChI=1S/C17H19NO3S/c1-12(2)15(18-16(19)14-9-6-10-22-14)17(20)21-11-13-7-4-3-5-8-13/h3-10,12,15H,11H2,1-2H3,(H,18,19)/t15-/m0/s1. The molecule has 0 aliphatic carbocycles. The molecule has 22 heavy (non-hydrogen) atoms. The van der Waals surface area contributed by atoms with Gasteiger partial charge in [-0.1, -0.05) is 50.2 Å². The Hall–Kier alpha value is -2.14. The van der Waals surface area contributed by atoms with Crippen LogP contribution in [-0.4, -0.2) is 17.9 Å². The lowest BCUT2D eigenvalue weighted by Crippen LogP contribution is -2.45. The van der Waals surface area contributed by atoms with Crippen molar-refractivity contribution in [1.29, 1.82) is 0 Å². The molecule has 0 bridgehead atoms. The maximum Gasteiger partial charge on any atom is 0.329 e. The number of carbonyl (C=O) groups is 2. The first-order valence-electron chi connectivity index (χ1n) is 7.13. The lowest BCUT2D eigenvalue weighted by Gasteiger charge is -2.20. The van der Waals surface area contributed by atoms with Crippen molar-refractivity contribution < 1.29 is 14.3 Å². The zero-order chi connectivity index (χ0) is 15.9. The summed E-state index contributed by atoms with van der Waals surface area (Å²) in [5.41, 5.74) is 0.919. The Morgan fingerprint density at radius 1 is 1.14 bits per heavy atom. The summed E-state index contributed by atoms with van der Waals surface area (Å²) >= 11 is 1.34. The molecule has 0 aliphatic heterocycles. The zero-order valence-corrected chi connectivity index (χ0v) is 13.4. The molecule has 0 aliphatic rings. The lowest BCUT2D eigenvalue weighted by atomic mass is 10.0. The second kappa shape index (κ2) is 7.75. The van der Waals surface area contributed by atoms with E-state index in [-0.39, 0.29) is 18.4 Å². The quantitative estimate of drug-likeness (QED) is 0.832. The van der Waals surface area contributed by atoms with Crippen LogP contribution in [0.15, 0.2) is 47.8 Å². The molecule has 0 fully saturated rings. The molecule has 4 nitrogen and oxygen atoms in total. The van der Waals surface area contributed by atoms with E-state index in [9.17, 15) is 9.59 Å². The molecular formula is C17H19NO3S. The lowest BCUT2D eigenvalue weighted by molar-refractivity contribution is -0.148. The molecule has 1 heterocycles. The van der Waals surface area contributed by atoms with Crippen LogP contribution in [0.5, 0.6) is 0 Å². The topological polar surface area (TPSA) is 55.4 Å². The fourth-order valence-corrected chi connectivity index (χ4v) is 2.56. The molecule has 0 saturated carbocycles. The Balaban J connectivity index is 1.95. The van der Waals surface area contributed by atoms with Crippen molar-refractivity contribution in [3.63, 3.8) is 0 Å². The summed E-state index contributed by atoms with van der Waals surface area (Å²) in [5.74, 6) is -0.707. The molecule has 0 saturated heterocycles. The molecule has 1 atom stereocenters. The van der Waals surface area contributed by atoms with Gasteiger partial charge in [0, 0.05) is 0 Å². The van der Waals surface area contributed by atoms with Gasteiger partial charge in [-0.05, 0) is 22.9 Å². The second-order valence-corrected chi connectivity index (χ2v) is 6.21. The second-order valence-electron chi connectivity index (χ2n) is 5.27. The normalized spacial score (nSPS) is 12.0. The molecule has 1 aromatic heterocycles. The van der Waals surface area contributed by atoms with Crippen molar-refractivity contribution in [2.45, 2.75) is 26.5 Å². The predicted octanol–water partition coefficient (Wildman–Crippen LogP) is 3.25. The molecule has 2 aromatic rings. The van der Waals surface area contributed by atoms with Crippen molar-refractivity contribution in [1.82, 2.24) is 5.32 Å². The van der Waals surface area contributed by atoms with E-state index in [4.69, 9.17) is 4.74 Å². The van der Waals surface area contributed by atoms with E-state index < -0.39 is 12.0 Å². The largest absolute Gasteiger partial charge is 0.459 e. The van der Waals surface area contributed by atoms with Crippen LogP contribution < -0.4 is 5.32 Å². The maximum absolute atomic E-state index is 12.2. The Morgan fingerprint density at radius 3 is 2.45 bits per heavy atom. The summed E-state index contributed by atoms with van der Waals surface area (Å²) in [6.45, 7) is 3.96. The molecule has 2 rings (SSSR count). The minimum atomic E-state index is -0.654. The summed E-state index contributed by atoms with van der Waals surface area (Å²) in [5, 5.41) is 4.58. The van der Waals surface area contributed by atoms with Gasteiger partial charge in [0.25, 0.3) is 5.91 Å². The highest BCUT2D eigenvalue weighted by Gasteiger charge is 2.26. The van der Waals surface area contributed by atoms with Crippen LogP contribution in [0.1, 0.15) is 29.1 Å². The number of hydrogen-bond donors (Lipinski definition) is 1. The third kappa shape index (κ3) is 4.43. The third-order valence-electron chi connectivity index (χ3n) is 3.18. The molecule has 0 radical (unpaired) electrons. The van der Waals surface area contributed by atoms with Crippen molar-refractivity contribution in [3.05, 3.63) is 58.3 Å². The van der Waals surface area contributed by atoms with E-state index in [2.05, 4.69) is 5.32 Å². The van der Waals surface area contributed by atoms with Crippen LogP contribution in [0.2, 0.25) is 0 Å². The SMILES string of the molecule is CC(C)[C@H](NC(=O)c1cccs1)C(=O)OCc1ccccc1. The molecular weight excluding hydrogens is 298 g/mol. The van der Waals surface area contributed by atoms with E-state index >= 15 is 0 Å². The van der Waals surface area contributed by atoms with Crippen molar-refractivity contribution in [3.8, 4) is 0 Å². The number of carbonyl (C=O) groups excluding carboxylic acids is 2. The summed E-state index contributed by atoms with van der Waals surface area (Å²) in [4.78, 5) is 24.9. The number of benzene rings is 1. The Morgan fingerprint density at radius 2 is 1.86 bits per heavy atom. The number of hydrogen-bond acceptors (Lipinski definition) is 4. The highest BCUT2D eigenvalue weighted by molar-refractivity contribution is 7.12. The van der Waals surface area contributed by atoms with E-state index in [1.807, 2.05) is 49.6 Å². The van der Waals surface area contributed by atoms with Gasteiger partial charge in [-0.3, -0.25) is 4.79 Å². The van der Waals surface area contributed by atoms with Gasteiger partial charge in [-0.25, -0.2) is 4.79 Å². The molecule has 1 N–H and O–H groups in total. The van der Waals surface area contributed by atoms with Gasteiger partial charge in [-0.15, -0.1) is 11.3 Å². The molecule has 1 aromatic carbocycles. The fourth-order valence-electron chi connectivity index (χ4n) is 1.94. The summed E-state index contributed by atoms with van der Waals surface area (Å²) in [6.07, 6.45) is 0. The predicted molar refractivity (Wildman–Crippen MR) is 86.6 cm³/mol. The molecule has 1 amide bonds. The van der Waals surface area contributed by atoms with Gasteiger partial charge in [0.05, 0.1) is 4.88 Å². The van der Waals surface area contributed by atoms with Crippen molar-refractivity contribution >= 4 is 23.2 Å². The average molecular weight is 317 g/mol. The fraction of sp³-hybridized carbons (Fsp3) is 0.294. The maximum atomic E-state index is 12.2. The number of thiophene rings is 1. The zero-order valence-electron chi connectivity index (χ0n) is 12.6. The Labute approximate surface area is 134 Å². The summed E-state index contributed by atoms with van der Waals surface area (Å²) in [7, 11) is 0. The summed E-state index contributed by atoms with van der Waals surface area (Å²) < 4.78 is 5.32. The van der Waals surface area contributed by atoms with Crippen LogP contribution in [0.3, 0.4) is 0 Å². The first-order valence-corrected chi connectivity index (χ1v) is 8.01. The molecule has 116 valence electrons. The first-order chi connectivity index (χ1) is 10.6. The number of amides is 1. The van der Waals surface area contributed by atoms with Crippen molar-refractivity contribution in [2.24, 2.45) is 5.92 Å². The van der Waals surface area contributed by atoms with Gasteiger partial charge in [-0.2, -0.15) is 0 Å². The van der Waals surface area contributed by atoms with E-state index in [1.54, 1.807) is 12.1 Å². The number of esters is 1. The van der Waals surface area contributed by atoms with Gasteiger partial charge in [0.1, 0.15) is 12.6 Å². The smallest absolute Gasteiger partial charge is 0.329 e. The van der Waals surface area contributed by atoms with Crippen LogP contribution >= 0.6 is 11.3 Å². The third-order valence-corrected chi connectivity index (χ3v) is 4.04.